The van der Waals surface area contributed by atoms with Gasteiger partial charge in [-0.2, -0.15) is 0 Å². The summed E-state index contributed by atoms with van der Waals surface area (Å²) in [6.07, 6.45) is 4.92. The lowest BCUT2D eigenvalue weighted by Crippen LogP contribution is -2.21. The number of benzene rings is 2. The molecule has 0 bridgehead atoms. The Kier molecular flexibility index (Phi) is 6.00. The normalized spacial score (nSPS) is 12.8. The molecule has 2 nitrogen and oxygen atoms in total. The second-order valence-electron chi connectivity index (χ2n) is 5.80. The van der Waals surface area contributed by atoms with E-state index in [1.807, 2.05) is 11.8 Å². The molecular weight excluding hydrogens is 302 g/mol. The molecule has 2 aromatic carbocycles. The highest BCUT2D eigenvalue weighted by Crippen LogP contribution is 2.47. The van der Waals surface area contributed by atoms with E-state index in [-0.39, 0.29) is 0 Å². The Morgan fingerprint density at radius 2 is 1.43 bits per heavy atom. The molecule has 1 heterocycles. The predicted octanol–water partition coefficient (Wildman–Crippen LogP) is 5.89. The first-order chi connectivity index (χ1) is 11.4. The largest absolute Gasteiger partial charge is 0.382 e. The second kappa shape index (κ2) is 8.42. The molecule has 1 aliphatic rings. The highest BCUT2D eigenvalue weighted by Gasteiger charge is 2.21. The summed E-state index contributed by atoms with van der Waals surface area (Å²) in [7, 11) is 0. The Morgan fingerprint density at radius 1 is 0.826 bits per heavy atom. The van der Waals surface area contributed by atoms with Crippen LogP contribution in [0.5, 0.6) is 0 Å². The molecule has 23 heavy (non-hydrogen) atoms. The number of fused-ring (bicyclic) bond motifs is 2. The monoisotopic (exact) mass is 327 g/mol. The number of para-hydroxylation sites is 2. The third-order valence-electron chi connectivity index (χ3n) is 4.16. The number of nitrogens with zero attached hydrogens (tertiary/aromatic N) is 1. The average molecular weight is 327 g/mol. The maximum absolute atomic E-state index is 5.41. The molecule has 0 N–H and O–H groups in total. The smallest absolute Gasteiger partial charge is 0.0552 e. The van der Waals surface area contributed by atoms with Crippen molar-refractivity contribution in [1.29, 1.82) is 0 Å². The molecule has 0 spiro atoms. The molecule has 0 unspecified atom stereocenters. The Morgan fingerprint density at radius 3 is 2.09 bits per heavy atom. The number of hydrogen-bond donors (Lipinski definition) is 0. The zero-order valence-corrected chi connectivity index (χ0v) is 14.6. The van der Waals surface area contributed by atoms with Gasteiger partial charge in [0.05, 0.1) is 11.4 Å². The quantitative estimate of drug-likeness (QED) is 0.561. The summed E-state index contributed by atoms with van der Waals surface area (Å²) in [4.78, 5) is 5.22. The summed E-state index contributed by atoms with van der Waals surface area (Å²) in [5, 5.41) is 0. The molecule has 2 aromatic rings. The standard InChI is InChI=1S/C20H25NOS/c1-2-22-16-10-4-3-9-15-21-17-11-5-7-13-19(17)23-20-14-8-6-12-18(20)21/h5-8,11-14H,2-4,9-10,15-16H2,1H3. The maximum atomic E-state index is 5.41. The van der Waals surface area contributed by atoms with Crippen LogP contribution in [0.25, 0.3) is 0 Å². The third-order valence-corrected chi connectivity index (χ3v) is 5.29. The van der Waals surface area contributed by atoms with Crippen molar-refractivity contribution in [2.75, 3.05) is 24.7 Å². The molecule has 0 atom stereocenters. The Bertz CT molecular complexity index is 583. The summed E-state index contributed by atoms with van der Waals surface area (Å²) >= 11 is 1.88. The van der Waals surface area contributed by atoms with Gasteiger partial charge < -0.3 is 9.64 Å². The summed E-state index contributed by atoms with van der Waals surface area (Å²) in [6.45, 7) is 4.88. The van der Waals surface area contributed by atoms with Crippen molar-refractivity contribution in [3.8, 4) is 0 Å². The molecule has 0 saturated heterocycles. The highest BCUT2D eigenvalue weighted by atomic mass is 32.2. The first kappa shape index (κ1) is 16.4. The lowest BCUT2D eigenvalue weighted by atomic mass is 10.1. The van der Waals surface area contributed by atoms with E-state index in [1.165, 1.54) is 46.8 Å². The average Bonchev–Trinajstić information content (AvgIpc) is 2.60. The molecule has 1 aliphatic heterocycles. The number of unbranched alkanes of at least 4 members (excludes halogenated alkanes) is 3. The molecule has 0 fully saturated rings. The lowest BCUT2D eigenvalue weighted by molar-refractivity contribution is 0.143. The number of hydrogen-bond acceptors (Lipinski definition) is 3. The molecule has 122 valence electrons. The van der Waals surface area contributed by atoms with Crippen molar-refractivity contribution in [2.24, 2.45) is 0 Å². The van der Waals surface area contributed by atoms with Gasteiger partial charge >= 0.3 is 0 Å². The minimum absolute atomic E-state index is 0.832. The van der Waals surface area contributed by atoms with Gasteiger partial charge in [-0.15, -0.1) is 0 Å². The van der Waals surface area contributed by atoms with Crippen LogP contribution in [-0.2, 0) is 4.74 Å². The predicted molar refractivity (Wildman–Crippen MR) is 99.0 cm³/mol. The van der Waals surface area contributed by atoms with Crippen LogP contribution in [0, 0.1) is 0 Å². The summed E-state index contributed by atoms with van der Waals surface area (Å²) in [5.41, 5.74) is 2.70. The minimum Gasteiger partial charge on any atom is -0.382 e. The fourth-order valence-corrected chi connectivity index (χ4v) is 4.09. The van der Waals surface area contributed by atoms with E-state index in [1.54, 1.807) is 0 Å². The van der Waals surface area contributed by atoms with Gasteiger partial charge in [0.2, 0.25) is 0 Å². The highest BCUT2D eigenvalue weighted by molar-refractivity contribution is 7.99. The van der Waals surface area contributed by atoms with E-state index in [4.69, 9.17) is 4.74 Å². The van der Waals surface area contributed by atoms with E-state index in [9.17, 15) is 0 Å². The van der Waals surface area contributed by atoms with E-state index in [0.717, 1.165) is 19.8 Å². The third kappa shape index (κ3) is 4.10. The van der Waals surface area contributed by atoms with Gasteiger partial charge in [-0.3, -0.25) is 0 Å². The molecule has 0 aliphatic carbocycles. The van der Waals surface area contributed by atoms with Gasteiger partial charge in [0.25, 0.3) is 0 Å². The molecule has 3 heteroatoms. The molecule has 3 rings (SSSR count). The second-order valence-corrected chi connectivity index (χ2v) is 6.88. The molecular formula is C20H25NOS. The summed E-state index contributed by atoms with van der Waals surface area (Å²) < 4.78 is 5.41. The Labute approximate surface area is 143 Å². The van der Waals surface area contributed by atoms with Gasteiger partial charge in [0, 0.05) is 29.5 Å². The van der Waals surface area contributed by atoms with E-state index >= 15 is 0 Å². The Hall–Kier alpha value is -1.45. The summed E-state index contributed by atoms with van der Waals surface area (Å²) in [5.74, 6) is 0. The van der Waals surface area contributed by atoms with Crippen molar-refractivity contribution < 1.29 is 4.74 Å². The van der Waals surface area contributed by atoms with Gasteiger partial charge in [-0.05, 0) is 44.0 Å². The van der Waals surface area contributed by atoms with E-state index < -0.39 is 0 Å². The van der Waals surface area contributed by atoms with Crippen LogP contribution >= 0.6 is 11.8 Å². The lowest BCUT2D eigenvalue weighted by Gasteiger charge is -2.32. The van der Waals surface area contributed by atoms with E-state index in [2.05, 4.69) is 60.4 Å². The van der Waals surface area contributed by atoms with Gasteiger partial charge in [-0.1, -0.05) is 48.9 Å². The van der Waals surface area contributed by atoms with Crippen molar-refractivity contribution in [1.82, 2.24) is 0 Å². The zero-order valence-electron chi connectivity index (χ0n) is 13.8. The van der Waals surface area contributed by atoms with Crippen LogP contribution in [-0.4, -0.2) is 19.8 Å². The van der Waals surface area contributed by atoms with Gasteiger partial charge in [0.15, 0.2) is 0 Å². The van der Waals surface area contributed by atoms with Crippen molar-refractivity contribution in [3.63, 3.8) is 0 Å². The summed E-state index contributed by atoms with van der Waals surface area (Å²) in [6, 6.07) is 17.5. The topological polar surface area (TPSA) is 12.5 Å². The zero-order chi connectivity index (χ0) is 15.9. The van der Waals surface area contributed by atoms with Crippen molar-refractivity contribution in [2.45, 2.75) is 42.4 Å². The van der Waals surface area contributed by atoms with E-state index in [0.29, 0.717) is 0 Å². The SMILES string of the molecule is CCOCCCCCCN1c2ccccc2Sc2ccccc21. The first-order valence-corrected chi connectivity index (χ1v) is 9.43. The van der Waals surface area contributed by atoms with Crippen LogP contribution < -0.4 is 4.90 Å². The molecule has 0 amide bonds. The number of anilines is 2. The molecule has 0 radical (unpaired) electrons. The molecule has 0 aromatic heterocycles. The van der Waals surface area contributed by atoms with Crippen LogP contribution in [0.1, 0.15) is 32.6 Å². The minimum atomic E-state index is 0.832. The van der Waals surface area contributed by atoms with Crippen molar-refractivity contribution >= 4 is 23.1 Å². The number of ether oxygens (including phenoxy) is 1. The molecule has 0 saturated carbocycles. The first-order valence-electron chi connectivity index (χ1n) is 8.61. The maximum Gasteiger partial charge on any atom is 0.0552 e. The van der Waals surface area contributed by atoms with Gasteiger partial charge in [-0.25, -0.2) is 0 Å². The van der Waals surface area contributed by atoms with Crippen LogP contribution in [0.3, 0.4) is 0 Å². The number of rotatable bonds is 8. The van der Waals surface area contributed by atoms with Crippen LogP contribution in [0.15, 0.2) is 58.3 Å². The fraction of sp³-hybridized carbons (Fsp3) is 0.400. The fourth-order valence-electron chi connectivity index (χ4n) is 2.99. The van der Waals surface area contributed by atoms with Crippen LogP contribution in [0.2, 0.25) is 0 Å². The van der Waals surface area contributed by atoms with Gasteiger partial charge in [0.1, 0.15) is 0 Å². The van der Waals surface area contributed by atoms with Crippen molar-refractivity contribution in [3.05, 3.63) is 48.5 Å². The Balaban J connectivity index is 1.62. The van der Waals surface area contributed by atoms with Crippen LogP contribution in [0.4, 0.5) is 11.4 Å².